The van der Waals surface area contributed by atoms with Crippen LogP contribution in [0.4, 0.5) is 5.13 Å². The van der Waals surface area contributed by atoms with Crippen LogP contribution in [0.3, 0.4) is 0 Å². The van der Waals surface area contributed by atoms with Crippen LogP contribution in [0.25, 0.3) is 0 Å². The van der Waals surface area contributed by atoms with Gasteiger partial charge in [0.2, 0.25) is 5.91 Å². The molecule has 29 heavy (non-hydrogen) atoms. The number of aromatic nitrogens is 1. The van der Waals surface area contributed by atoms with E-state index in [2.05, 4.69) is 20.1 Å². The summed E-state index contributed by atoms with van der Waals surface area (Å²) in [6, 6.07) is 7.82. The van der Waals surface area contributed by atoms with Crippen LogP contribution in [0.15, 0.2) is 30.5 Å². The van der Waals surface area contributed by atoms with Crippen molar-refractivity contribution in [1.29, 1.82) is 0 Å². The predicted octanol–water partition coefficient (Wildman–Crippen LogP) is 3.53. The predicted molar refractivity (Wildman–Crippen MR) is 119 cm³/mol. The fourth-order valence-corrected chi connectivity index (χ4v) is 4.61. The van der Waals surface area contributed by atoms with E-state index in [4.69, 9.17) is 4.74 Å². The standard InChI is InChI=1S/C22H32N4O2S/c1-25(2)22-24-14-20(29-22)16-26-11-5-7-17(15-26)9-10-21(27)23-13-18-6-4-8-19(12-18)28-3/h4,6,8,12,14,17H,5,7,9-11,13,15-16H2,1-3H3,(H,23,27)/t17-/m1/s1. The molecule has 1 amide bonds. The Labute approximate surface area is 177 Å². The second-order valence-electron chi connectivity index (χ2n) is 7.91. The third-order valence-corrected chi connectivity index (χ3v) is 6.46. The minimum atomic E-state index is 0.128. The van der Waals surface area contributed by atoms with Crippen molar-refractivity contribution in [2.45, 2.75) is 38.8 Å². The van der Waals surface area contributed by atoms with E-state index in [0.717, 1.165) is 42.5 Å². The van der Waals surface area contributed by atoms with E-state index in [1.54, 1.807) is 18.4 Å². The summed E-state index contributed by atoms with van der Waals surface area (Å²) < 4.78 is 5.23. The maximum absolute atomic E-state index is 12.3. The Kier molecular flexibility index (Phi) is 7.89. The molecule has 0 saturated carbocycles. The van der Waals surface area contributed by atoms with Crippen LogP contribution in [0.1, 0.15) is 36.1 Å². The van der Waals surface area contributed by atoms with Crippen LogP contribution in [-0.2, 0) is 17.9 Å². The molecule has 2 heterocycles. The Morgan fingerprint density at radius 3 is 3.03 bits per heavy atom. The molecule has 158 valence electrons. The molecule has 1 atom stereocenters. The Balaban J connectivity index is 1.39. The molecule has 0 radical (unpaired) electrons. The van der Waals surface area contributed by atoms with Crippen LogP contribution in [-0.4, -0.2) is 50.1 Å². The van der Waals surface area contributed by atoms with Crippen LogP contribution < -0.4 is 15.0 Å². The first-order valence-electron chi connectivity index (χ1n) is 10.3. The Morgan fingerprint density at radius 1 is 1.41 bits per heavy atom. The summed E-state index contributed by atoms with van der Waals surface area (Å²) in [7, 11) is 5.71. The van der Waals surface area contributed by atoms with E-state index in [9.17, 15) is 4.79 Å². The molecule has 0 unspecified atom stereocenters. The van der Waals surface area contributed by atoms with Gasteiger partial charge in [0.05, 0.1) is 7.11 Å². The summed E-state index contributed by atoms with van der Waals surface area (Å²) in [6.45, 7) is 3.71. The number of amides is 1. The lowest BCUT2D eigenvalue weighted by Gasteiger charge is -2.32. The highest BCUT2D eigenvalue weighted by Crippen LogP contribution is 2.26. The number of methoxy groups -OCH3 is 1. The van der Waals surface area contributed by atoms with Gasteiger partial charge < -0.3 is 15.0 Å². The number of carbonyl (C=O) groups excluding carboxylic acids is 1. The molecule has 1 aliphatic heterocycles. The maximum Gasteiger partial charge on any atom is 0.220 e. The van der Waals surface area contributed by atoms with Crippen molar-refractivity contribution in [3.63, 3.8) is 0 Å². The van der Waals surface area contributed by atoms with Crippen molar-refractivity contribution >= 4 is 22.4 Å². The highest BCUT2D eigenvalue weighted by Gasteiger charge is 2.21. The fraction of sp³-hybridized carbons (Fsp3) is 0.545. The zero-order valence-corrected chi connectivity index (χ0v) is 18.5. The van der Waals surface area contributed by atoms with Crippen LogP contribution in [0.2, 0.25) is 0 Å². The maximum atomic E-state index is 12.3. The average molecular weight is 417 g/mol. The number of nitrogens with one attached hydrogen (secondary N) is 1. The topological polar surface area (TPSA) is 57.7 Å². The van der Waals surface area contributed by atoms with Gasteiger partial charge in [0.25, 0.3) is 0 Å². The van der Waals surface area contributed by atoms with Crippen LogP contribution >= 0.6 is 11.3 Å². The summed E-state index contributed by atoms with van der Waals surface area (Å²) in [6.07, 6.45) is 5.95. The first-order valence-corrected chi connectivity index (χ1v) is 11.1. The molecule has 1 aliphatic rings. The lowest BCUT2D eigenvalue weighted by atomic mass is 9.93. The Morgan fingerprint density at radius 2 is 2.28 bits per heavy atom. The van der Waals surface area contributed by atoms with Gasteiger partial charge >= 0.3 is 0 Å². The lowest BCUT2D eigenvalue weighted by Crippen LogP contribution is -2.35. The first-order chi connectivity index (χ1) is 14.0. The van der Waals surface area contributed by atoms with Gasteiger partial charge in [-0.25, -0.2) is 4.98 Å². The monoisotopic (exact) mass is 416 g/mol. The zero-order chi connectivity index (χ0) is 20.6. The molecule has 2 aromatic rings. The lowest BCUT2D eigenvalue weighted by molar-refractivity contribution is -0.121. The Bertz CT molecular complexity index is 793. The summed E-state index contributed by atoms with van der Waals surface area (Å²) in [5, 5.41) is 4.09. The number of ether oxygens (including phenoxy) is 1. The molecular formula is C22H32N4O2S. The molecule has 1 N–H and O–H groups in total. The van der Waals surface area contributed by atoms with E-state index in [-0.39, 0.29) is 5.91 Å². The molecule has 0 aliphatic carbocycles. The van der Waals surface area contributed by atoms with Crippen molar-refractivity contribution in [2.75, 3.05) is 39.2 Å². The van der Waals surface area contributed by atoms with Gasteiger partial charge in [-0.15, -0.1) is 11.3 Å². The first kappa shape index (κ1) is 21.6. The van der Waals surface area contributed by atoms with Crippen LogP contribution in [0, 0.1) is 5.92 Å². The Hall–Kier alpha value is -2.12. The van der Waals surface area contributed by atoms with E-state index in [1.807, 2.05) is 44.6 Å². The van der Waals surface area contributed by atoms with Gasteiger partial charge in [0.1, 0.15) is 5.75 Å². The van der Waals surface area contributed by atoms with Gasteiger partial charge in [-0.1, -0.05) is 12.1 Å². The summed E-state index contributed by atoms with van der Waals surface area (Å²) in [4.78, 5) is 22.6. The second-order valence-corrected chi connectivity index (χ2v) is 9.01. The molecular weight excluding hydrogens is 384 g/mol. The minimum Gasteiger partial charge on any atom is -0.497 e. The summed E-state index contributed by atoms with van der Waals surface area (Å²) >= 11 is 1.76. The molecule has 1 saturated heterocycles. The molecule has 6 nitrogen and oxygen atoms in total. The number of benzene rings is 1. The van der Waals surface area contributed by atoms with Crippen molar-refractivity contribution in [3.8, 4) is 5.75 Å². The quantitative estimate of drug-likeness (QED) is 0.678. The number of hydrogen-bond acceptors (Lipinski definition) is 6. The van der Waals surface area contributed by atoms with Crippen molar-refractivity contribution in [1.82, 2.24) is 15.2 Å². The number of likely N-dealkylation sites (tertiary alicyclic amines) is 1. The number of carbonyl (C=O) groups is 1. The molecule has 3 rings (SSSR count). The van der Waals surface area contributed by atoms with Gasteiger partial charge in [-0.05, 0) is 49.4 Å². The highest BCUT2D eigenvalue weighted by molar-refractivity contribution is 7.15. The SMILES string of the molecule is COc1cccc(CNC(=O)CC[C@H]2CCCN(Cc3cnc(N(C)C)s3)C2)c1. The molecule has 1 aromatic heterocycles. The number of hydrogen-bond donors (Lipinski definition) is 1. The number of anilines is 1. The second kappa shape index (κ2) is 10.6. The highest BCUT2D eigenvalue weighted by atomic mass is 32.1. The van der Waals surface area contributed by atoms with Gasteiger partial charge in [0.15, 0.2) is 5.13 Å². The minimum absolute atomic E-state index is 0.128. The molecule has 0 bridgehead atoms. The van der Waals surface area contributed by atoms with E-state index in [1.165, 1.54) is 17.7 Å². The fourth-order valence-electron chi connectivity index (χ4n) is 3.73. The van der Waals surface area contributed by atoms with E-state index >= 15 is 0 Å². The number of rotatable bonds is 9. The third-order valence-electron chi connectivity index (χ3n) is 5.31. The number of piperidine rings is 1. The summed E-state index contributed by atoms with van der Waals surface area (Å²) in [5.41, 5.74) is 1.06. The number of nitrogens with zero attached hydrogens (tertiary/aromatic N) is 3. The average Bonchev–Trinajstić information content (AvgIpc) is 3.20. The normalized spacial score (nSPS) is 17.1. The van der Waals surface area contributed by atoms with E-state index in [0.29, 0.717) is 18.9 Å². The molecule has 1 fully saturated rings. The molecule has 1 aromatic carbocycles. The van der Waals surface area contributed by atoms with Crippen molar-refractivity contribution < 1.29 is 9.53 Å². The van der Waals surface area contributed by atoms with Crippen LogP contribution in [0.5, 0.6) is 5.75 Å². The number of thiazole rings is 1. The molecule has 7 heteroatoms. The van der Waals surface area contributed by atoms with E-state index < -0.39 is 0 Å². The zero-order valence-electron chi connectivity index (χ0n) is 17.7. The smallest absolute Gasteiger partial charge is 0.220 e. The van der Waals surface area contributed by atoms with Crippen molar-refractivity contribution in [3.05, 3.63) is 40.9 Å². The largest absolute Gasteiger partial charge is 0.497 e. The van der Waals surface area contributed by atoms with Gasteiger partial charge in [0, 0.05) is 51.2 Å². The van der Waals surface area contributed by atoms with Crippen molar-refractivity contribution in [2.24, 2.45) is 5.92 Å². The summed E-state index contributed by atoms with van der Waals surface area (Å²) in [5.74, 6) is 1.54. The molecule has 0 spiro atoms. The van der Waals surface area contributed by atoms with Gasteiger partial charge in [-0.2, -0.15) is 0 Å². The van der Waals surface area contributed by atoms with Gasteiger partial charge in [-0.3, -0.25) is 9.69 Å². The third kappa shape index (κ3) is 6.72.